The van der Waals surface area contributed by atoms with E-state index in [9.17, 15) is 24.4 Å². The van der Waals surface area contributed by atoms with Crippen molar-refractivity contribution in [2.45, 2.75) is 39.7 Å². The summed E-state index contributed by atoms with van der Waals surface area (Å²) >= 11 is 0. The lowest BCUT2D eigenvalue weighted by atomic mass is 9.64. The van der Waals surface area contributed by atoms with Crippen LogP contribution in [0.1, 0.15) is 53.5 Å². The summed E-state index contributed by atoms with van der Waals surface area (Å²) < 4.78 is 0. The van der Waals surface area contributed by atoms with Crippen molar-refractivity contribution in [1.82, 2.24) is 15.3 Å². The van der Waals surface area contributed by atoms with Gasteiger partial charge in [0.25, 0.3) is 17.7 Å². The zero-order valence-electron chi connectivity index (χ0n) is 20.2. The van der Waals surface area contributed by atoms with Crippen molar-refractivity contribution >= 4 is 23.6 Å². The molecule has 4 rings (SSSR count). The number of nitrogens with zero attached hydrogens (tertiary/aromatic N) is 2. The maximum atomic E-state index is 14.1. The first kappa shape index (κ1) is 24.6. The number of benzene rings is 2. The average molecular weight is 478 g/mol. The number of hydrogen-bond acceptors (Lipinski definition) is 5. The Labute approximate surface area is 204 Å². The number of hydrogen-bond donors (Lipinski definition) is 2. The van der Waals surface area contributed by atoms with Crippen LogP contribution >= 0.6 is 0 Å². The second-order valence-electron chi connectivity index (χ2n) is 9.76. The molecule has 8 nitrogen and oxygen atoms in total. The van der Waals surface area contributed by atoms with Crippen LogP contribution in [0.4, 0.5) is 0 Å². The van der Waals surface area contributed by atoms with Gasteiger partial charge in [-0.15, -0.1) is 0 Å². The zero-order valence-corrected chi connectivity index (χ0v) is 20.2. The molecule has 0 bridgehead atoms. The number of fused-ring (bicyclic) bond motifs is 1. The number of imide groups is 1. The summed E-state index contributed by atoms with van der Waals surface area (Å²) in [6, 6.07) is 14.7. The van der Waals surface area contributed by atoms with Crippen LogP contribution < -0.4 is 5.48 Å². The molecule has 1 fully saturated rings. The quantitative estimate of drug-likeness (QED) is 0.345. The second kappa shape index (κ2) is 9.62. The summed E-state index contributed by atoms with van der Waals surface area (Å²) in [5.41, 5.74) is 1.73. The molecule has 4 amide bonds. The molecule has 3 atom stereocenters. The van der Waals surface area contributed by atoms with Crippen LogP contribution in [0.2, 0.25) is 0 Å². The molecule has 2 aromatic carbocycles. The molecule has 0 spiro atoms. The molecule has 0 aromatic heterocycles. The minimum atomic E-state index is -1.48. The van der Waals surface area contributed by atoms with Crippen LogP contribution in [0.25, 0.3) is 0 Å². The number of amides is 4. The Morgan fingerprint density at radius 2 is 1.54 bits per heavy atom. The number of rotatable bonds is 8. The highest BCUT2D eigenvalue weighted by atomic mass is 16.5. The summed E-state index contributed by atoms with van der Waals surface area (Å²) in [6.07, 6.45) is 0.925. The van der Waals surface area contributed by atoms with Crippen LogP contribution in [0.15, 0.2) is 54.6 Å². The number of carbonyl (C=O) groups is 4. The van der Waals surface area contributed by atoms with Crippen LogP contribution in [0.5, 0.6) is 0 Å². The number of hydroxylamine groups is 1. The van der Waals surface area contributed by atoms with Crippen molar-refractivity contribution in [2.24, 2.45) is 17.3 Å². The lowest BCUT2D eigenvalue weighted by Crippen LogP contribution is -2.63. The first-order chi connectivity index (χ1) is 16.7. The van der Waals surface area contributed by atoms with E-state index in [0.29, 0.717) is 19.5 Å². The van der Waals surface area contributed by atoms with Crippen molar-refractivity contribution < 1.29 is 24.4 Å². The summed E-state index contributed by atoms with van der Waals surface area (Å²) in [7, 11) is 0. The molecule has 8 heteroatoms. The second-order valence-corrected chi connectivity index (χ2v) is 9.76. The van der Waals surface area contributed by atoms with E-state index in [1.807, 2.05) is 51.1 Å². The van der Waals surface area contributed by atoms with E-state index in [-0.39, 0.29) is 35.3 Å². The van der Waals surface area contributed by atoms with Crippen LogP contribution in [-0.4, -0.2) is 57.8 Å². The number of likely N-dealkylation sites (tertiary alicyclic amines) is 1. The molecule has 184 valence electrons. The topological polar surface area (TPSA) is 107 Å². The van der Waals surface area contributed by atoms with E-state index in [0.717, 1.165) is 10.5 Å². The first-order valence-corrected chi connectivity index (χ1v) is 12.0. The Bertz CT molecular complexity index is 1110. The third kappa shape index (κ3) is 4.01. The molecular formula is C27H31N3O5. The van der Waals surface area contributed by atoms with Gasteiger partial charge in [0.2, 0.25) is 5.91 Å². The highest BCUT2D eigenvalue weighted by molar-refractivity contribution is 6.23. The third-order valence-corrected chi connectivity index (χ3v) is 7.74. The van der Waals surface area contributed by atoms with Crippen molar-refractivity contribution in [3.63, 3.8) is 0 Å². The molecule has 1 saturated heterocycles. The molecule has 0 radical (unpaired) electrons. The van der Waals surface area contributed by atoms with Gasteiger partial charge in [-0.1, -0.05) is 63.2 Å². The first-order valence-electron chi connectivity index (χ1n) is 12.0. The van der Waals surface area contributed by atoms with Crippen molar-refractivity contribution in [3.8, 4) is 0 Å². The minimum Gasteiger partial charge on any atom is -0.342 e. The largest absolute Gasteiger partial charge is 0.342 e. The summed E-state index contributed by atoms with van der Waals surface area (Å²) in [6.45, 7) is 6.61. The summed E-state index contributed by atoms with van der Waals surface area (Å²) in [4.78, 5) is 56.7. The Morgan fingerprint density at radius 1 is 0.971 bits per heavy atom. The van der Waals surface area contributed by atoms with Gasteiger partial charge in [-0.2, -0.15) is 0 Å². The van der Waals surface area contributed by atoms with Crippen molar-refractivity contribution in [1.29, 1.82) is 0 Å². The molecule has 2 aliphatic rings. The lowest BCUT2D eigenvalue weighted by Gasteiger charge is -2.44. The monoisotopic (exact) mass is 477 g/mol. The van der Waals surface area contributed by atoms with Crippen LogP contribution in [0.3, 0.4) is 0 Å². The highest BCUT2D eigenvalue weighted by Gasteiger charge is 2.62. The molecule has 35 heavy (non-hydrogen) atoms. The van der Waals surface area contributed by atoms with Gasteiger partial charge in [-0.25, -0.2) is 5.48 Å². The fourth-order valence-electron chi connectivity index (χ4n) is 5.55. The molecule has 2 aromatic rings. The Balaban J connectivity index is 1.75. The molecule has 2 heterocycles. The van der Waals surface area contributed by atoms with Gasteiger partial charge in [-0.3, -0.25) is 29.3 Å². The Kier molecular flexibility index (Phi) is 6.76. The molecule has 2 aliphatic heterocycles. The van der Waals surface area contributed by atoms with E-state index in [4.69, 9.17) is 0 Å². The van der Waals surface area contributed by atoms with E-state index < -0.39 is 29.2 Å². The van der Waals surface area contributed by atoms with E-state index >= 15 is 0 Å². The smallest absolute Gasteiger partial charge is 0.267 e. The van der Waals surface area contributed by atoms with Crippen molar-refractivity contribution in [3.05, 3.63) is 71.3 Å². The molecular weight excluding hydrogens is 446 g/mol. The van der Waals surface area contributed by atoms with Crippen molar-refractivity contribution in [2.75, 3.05) is 13.1 Å². The van der Waals surface area contributed by atoms with Gasteiger partial charge in [0.1, 0.15) is 6.04 Å². The Morgan fingerprint density at radius 3 is 2.09 bits per heavy atom. The fourth-order valence-corrected chi connectivity index (χ4v) is 5.55. The Hall–Kier alpha value is -3.52. The number of carbonyl (C=O) groups excluding carboxylic acids is 4. The van der Waals surface area contributed by atoms with E-state index in [2.05, 4.69) is 0 Å². The molecule has 0 saturated carbocycles. The van der Waals surface area contributed by atoms with E-state index in [1.165, 1.54) is 12.1 Å². The number of nitrogens with one attached hydrogen (secondary N) is 1. The lowest BCUT2D eigenvalue weighted by molar-refractivity contribution is -0.152. The van der Waals surface area contributed by atoms with Crippen LogP contribution in [0, 0.1) is 17.3 Å². The summed E-state index contributed by atoms with van der Waals surface area (Å²) in [5.74, 6) is -2.87. The summed E-state index contributed by atoms with van der Waals surface area (Å²) in [5, 5.41) is 9.68. The van der Waals surface area contributed by atoms with Gasteiger partial charge < -0.3 is 4.90 Å². The minimum absolute atomic E-state index is 0.0304. The maximum absolute atomic E-state index is 14.1. The molecule has 2 unspecified atom stereocenters. The van der Waals surface area contributed by atoms with Gasteiger partial charge in [0.05, 0.1) is 16.5 Å². The van der Waals surface area contributed by atoms with Crippen LogP contribution in [-0.2, 0) is 16.0 Å². The van der Waals surface area contributed by atoms with Gasteiger partial charge in [-0.05, 0) is 42.4 Å². The van der Waals surface area contributed by atoms with Gasteiger partial charge >= 0.3 is 0 Å². The standard InChI is InChI=1S/C27H31N3O5/c1-17(2)18(3)27(14-16-29(26(27)34)15-13-19-9-5-4-6-10-19)22(23(31)28-35)30-24(32)20-11-7-8-12-21(20)25(30)33/h4-12,17-18,22,35H,13-16H2,1-3H3,(H,28,31)/t18?,22?,27-/m1/s1. The average Bonchev–Trinajstić information content (AvgIpc) is 3.33. The SMILES string of the molecule is CC(C)C(C)[C@@]1(C(C(=O)NO)N2C(=O)c3ccccc3C2=O)CCN(CCc2ccccc2)C1=O. The predicted molar refractivity (Wildman–Crippen MR) is 128 cm³/mol. The van der Waals surface area contributed by atoms with E-state index in [1.54, 1.807) is 22.5 Å². The zero-order chi connectivity index (χ0) is 25.3. The third-order valence-electron chi connectivity index (χ3n) is 7.74. The van der Waals surface area contributed by atoms with Gasteiger partial charge in [0, 0.05) is 13.1 Å². The predicted octanol–water partition coefficient (Wildman–Crippen LogP) is 2.91. The molecule has 2 N–H and O–H groups in total. The normalized spacial score (nSPS) is 21.5. The fraction of sp³-hybridized carbons (Fsp3) is 0.407. The highest BCUT2D eigenvalue weighted by Crippen LogP contribution is 2.48. The molecule has 0 aliphatic carbocycles. The van der Waals surface area contributed by atoms with Gasteiger partial charge in [0.15, 0.2) is 0 Å². The maximum Gasteiger partial charge on any atom is 0.267 e.